The summed E-state index contributed by atoms with van der Waals surface area (Å²) in [6.07, 6.45) is 1.29. The highest BCUT2D eigenvalue weighted by atomic mass is 32.1. The molecule has 1 saturated heterocycles. The summed E-state index contributed by atoms with van der Waals surface area (Å²) in [6.45, 7) is 8.94. The van der Waals surface area contributed by atoms with Crippen molar-refractivity contribution in [1.29, 1.82) is 0 Å². The fourth-order valence-corrected chi connectivity index (χ4v) is 4.38. The van der Waals surface area contributed by atoms with Crippen molar-refractivity contribution < 1.29 is 9.59 Å². The molecular formula is C22H30N4O2S. The molecule has 6 nitrogen and oxygen atoms in total. The predicted octanol–water partition coefficient (Wildman–Crippen LogP) is 3.39. The lowest BCUT2D eigenvalue weighted by molar-refractivity contribution is -0.136. The smallest absolute Gasteiger partial charge is 0.249 e. The van der Waals surface area contributed by atoms with Crippen LogP contribution in [0.1, 0.15) is 44.0 Å². The Morgan fingerprint density at radius 1 is 1.14 bits per heavy atom. The number of nitrogens with zero attached hydrogens (tertiary/aromatic N) is 3. The van der Waals surface area contributed by atoms with Crippen molar-refractivity contribution in [3.63, 3.8) is 0 Å². The lowest BCUT2D eigenvalue weighted by Crippen LogP contribution is -2.44. The van der Waals surface area contributed by atoms with Gasteiger partial charge in [-0.05, 0) is 24.8 Å². The Bertz CT molecular complexity index is 821. The van der Waals surface area contributed by atoms with E-state index in [0.29, 0.717) is 19.5 Å². The lowest BCUT2D eigenvalue weighted by atomic mass is 10.0. The molecule has 1 aromatic heterocycles. The second-order valence-corrected chi connectivity index (χ2v) is 8.78. The topological polar surface area (TPSA) is 65.5 Å². The molecule has 1 fully saturated rings. The zero-order chi connectivity index (χ0) is 20.8. The highest BCUT2D eigenvalue weighted by Gasteiger charge is 2.29. The maximum Gasteiger partial charge on any atom is 0.249 e. The zero-order valence-corrected chi connectivity index (χ0v) is 18.2. The minimum Gasteiger partial charge on any atom is -0.346 e. The molecule has 1 aliphatic rings. The largest absolute Gasteiger partial charge is 0.346 e. The van der Waals surface area contributed by atoms with E-state index in [-0.39, 0.29) is 17.7 Å². The number of benzene rings is 1. The Morgan fingerprint density at radius 3 is 2.55 bits per heavy atom. The third-order valence-corrected chi connectivity index (χ3v) is 5.98. The molecule has 2 aromatic rings. The van der Waals surface area contributed by atoms with Crippen LogP contribution in [-0.2, 0) is 9.59 Å². The Labute approximate surface area is 176 Å². The molecule has 0 spiro atoms. The third kappa shape index (κ3) is 5.79. The molecular weight excluding hydrogens is 384 g/mol. The molecule has 2 heterocycles. The van der Waals surface area contributed by atoms with Gasteiger partial charge in [-0.2, -0.15) is 0 Å². The minimum absolute atomic E-state index is 0.0366. The molecule has 2 amide bonds. The number of amides is 2. The van der Waals surface area contributed by atoms with Crippen molar-refractivity contribution in [2.75, 3.05) is 31.1 Å². The van der Waals surface area contributed by atoms with E-state index < -0.39 is 6.04 Å². The van der Waals surface area contributed by atoms with Crippen LogP contribution in [0, 0.1) is 12.8 Å². The summed E-state index contributed by atoms with van der Waals surface area (Å²) in [7, 11) is 0. The van der Waals surface area contributed by atoms with E-state index >= 15 is 0 Å². The number of aromatic nitrogens is 1. The molecule has 29 heavy (non-hydrogen) atoms. The zero-order valence-electron chi connectivity index (χ0n) is 17.4. The van der Waals surface area contributed by atoms with E-state index in [1.807, 2.05) is 56.0 Å². The SMILES string of the molecule is Cc1csc(N2CCCN(C(=O)C(NC(=O)CC(C)C)c3ccccc3)CC2)n1. The average Bonchev–Trinajstić information content (AvgIpc) is 2.98. The minimum atomic E-state index is -0.642. The summed E-state index contributed by atoms with van der Waals surface area (Å²) in [5, 5.41) is 6.04. The first kappa shape index (κ1) is 21.3. The molecule has 156 valence electrons. The first-order valence-corrected chi connectivity index (χ1v) is 11.1. The van der Waals surface area contributed by atoms with E-state index in [9.17, 15) is 9.59 Å². The number of rotatable bonds is 6. The van der Waals surface area contributed by atoms with Gasteiger partial charge in [-0.1, -0.05) is 44.2 Å². The summed E-state index contributed by atoms with van der Waals surface area (Å²) in [4.78, 5) is 34.5. The number of hydrogen-bond donors (Lipinski definition) is 1. The first-order valence-electron chi connectivity index (χ1n) is 10.2. The molecule has 0 aliphatic carbocycles. The summed E-state index contributed by atoms with van der Waals surface area (Å²) in [5.41, 5.74) is 1.85. The number of anilines is 1. The monoisotopic (exact) mass is 414 g/mol. The van der Waals surface area contributed by atoms with Gasteiger partial charge in [0.25, 0.3) is 0 Å². The molecule has 1 aromatic carbocycles. The van der Waals surface area contributed by atoms with Gasteiger partial charge in [0.1, 0.15) is 6.04 Å². The van der Waals surface area contributed by atoms with Crippen LogP contribution < -0.4 is 10.2 Å². The number of hydrogen-bond acceptors (Lipinski definition) is 5. The maximum absolute atomic E-state index is 13.4. The third-order valence-electron chi connectivity index (χ3n) is 4.96. The van der Waals surface area contributed by atoms with Crippen molar-refractivity contribution >= 4 is 28.3 Å². The predicted molar refractivity (Wildman–Crippen MR) is 117 cm³/mol. The number of nitrogens with one attached hydrogen (secondary N) is 1. The van der Waals surface area contributed by atoms with Crippen LogP contribution in [0.3, 0.4) is 0 Å². The van der Waals surface area contributed by atoms with Gasteiger partial charge in [-0.15, -0.1) is 11.3 Å². The molecule has 7 heteroatoms. The standard InChI is InChI=1S/C22H30N4O2S/c1-16(2)14-19(27)24-20(18-8-5-4-6-9-18)21(28)25-10-7-11-26(13-12-25)22-23-17(3)15-29-22/h4-6,8-9,15-16,20H,7,10-14H2,1-3H3,(H,24,27). The van der Waals surface area contributed by atoms with E-state index in [1.165, 1.54) is 0 Å². The van der Waals surface area contributed by atoms with Crippen molar-refractivity contribution in [2.24, 2.45) is 5.92 Å². The quantitative estimate of drug-likeness (QED) is 0.787. The summed E-state index contributed by atoms with van der Waals surface area (Å²) in [6, 6.07) is 8.89. The number of carbonyl (C=O) groups excluding carboxylic acids is 2. The second-order valence-electron chi connectivity index (χ2n) is 7.95. The maximum atomic E-state index is 13.4. The Hall–Kier alpha value is -2.41. The van der Waals surface area contributed by atoms with Crippen molar-refractivity contribution in [3.05, 3.63) is 47.0 Å². The van der Waals surface area contributed by atoms with E-state index in [4.69, 9.17) is 0 Å². The fourth-order valence-electron chi connectivity index (χ4n) is 3.52. The normalized spacial score (nSPS) is 15.9. The molecule has 0 radical (unpaired) electrons. The number of aryl methyl sites for hydroxylation is 1. The van der Waals surface area contributed by atoms with Crippen LogP contribution in [0.25, 0.3) is 0 Å². The first-order chi connectivity index (χ1) is 13.9. The van der Waals surface area contributed by atoms with E-state index in [2.05, 4.69) is 20.6 Å². The van der Waals surface area contributed by atoms with Crippen molar-refractivity contribution in [2.45, 2.75) is 39.7 Å². The highest BCUT2D eigenvalue weighted by Crippen LogP contribution is 2.23. The lowest BCUT2D eigenvalue weighted by Gasteiger charge is -2.27. The molecule has 0 saturated carbocycles. The highest BCUT2D eigenvalue weighted by molar-refractivity contribution is 7.13. The molecule has 1 N–H and O–H groups in total. The van der Waals surface area contributed by atoms with E-state index in [1.54, 1.807) is 11.3 Å². The van der Waals surface area contributed by atoms with Gasteiger partial charge in [-0.3, -0.25) is 9.59 Å². The molecule has 3 rings (SSSR count). The molecule has 1 unspecified atom stereocenters. The van der Waals surface area contributed by atoms with Gasteiger partial charge in [-0.25, -0.2) is 4.98 Å². The number of thiazole rings is 1. The second kappa shape index (κ2) is 9.87. The summed E-state index contributed by atoms with van der Waals surface area (Å²) in [5.74, 6) is 0.123. The molecule has 1 atom stereocenters. The van der Waals surface area contributed by atoms with Gasteiger partial charge in [0.05, 0.1) is 5.69 Å². The molecule has 0 bridgehead atoms. The Morgan fingerprint density at radius 2 is 1.90 bits per heavy atom. The van der Waals surface area contributed by atoms with Crippen LogP contribution in [-0.4, -0.2) is 47.9 Å². The fraction of sp³-hybridized carbons (Fsp3) is 0.500. The van der Waals surface area contributed by atoms with Gasteiger partial charge in [0.15, 0.2) is 5.13 Å². The molecule has 1 aliphatic heterocycles. The van der Waals surface area contributed by atoms with Crippen molar-refractivity contribution in [3.8, 4) is 0 Å². The van der Waals surface area contributed by atoms with Crippen LogP contribution in [0.5, 0.6) is 0 Å². The van der Waals surface area contributed by atoms with Crippen LogP contribution in [0.2, 0.25) is 0 Å². The van der Waals surface area contributed by atoms with Gasteiger partial charge in [0.2, 0.25) is 11.8 Å². The summed E-state index contributed by atoms with van der Waals surface area (Å²) < 4.78 is 0. The number of carbonyl (C=O) groups is 2. The summed E-state index contributed by atoms with van der Waals surface area (Å²) >= 11 is 1.65. The average molecular weight is 415 g/mol. The Kier molecular flexibility index (Phi) is 7.25. The van der Waals surface area contributed by atoms with Gasteiger partial charge in [0, 0.05) is 38.0 Å². The van der Waals surface area contributed by atoms with Crippen LogP contribution in [0.4, 0.5) is 5.13 Å². The van der Waals surface area contributed by atoms with Gasteiger partial charge < -0.3 is 15.1 Å². The van der Waals surface area contributed by atoms with E-state index in [0.717, 1.165) is 35.9 Å². The van der Waals surface area contributed by atoms with Crippen LogP contribution >= 0.6 is 11.3 Å². The van der Waals surface area contributed by atoms with Crippen molar-refractivity contribution in [1.82, 2.24) is 15.2 Å². The van der Waals surface area contributed by atoms with Crippen LogP contribution in [0.15, 0.2) is 35.7 Å². The van der Waals surface area contributed by atoms with Gasteiger partial charge >= 0.3 is 0 Å². The Balaban J connectivity index is 1.72.